The molecule has 1 rings (SSSR count). The molecule has 7 nitrogen and oxygen atoms in total. The minimum Gasteiger partial charge on any atom is -0.497 e. The molecule has 0 saturated carbocycles. The van der Waals surface area contributed by atoms with Gasteiger partial charge in [0.2, 0.25) is 0 Å². The summed E-state index contributed by atoms with van der Waals surface area (Å²) in [5.41, 5.74) is 0.613. The van der Waals surface area contributed by atoms with Crippen LogP contribution in [0.5, 0.6) is 5.75 Å². The van der Waals surface area contributed by atoms with Crippen molar-refractivity contribution in [3.8, 4) is 5.75 Å². The molecule has 23 heavy (non-hydrogen) atoms. The first-order valence-electron chi connectivity index (χ1n) is 6.88. The van der Waals surface area contributed by atoms with Crippen LogP contribution in [-0.4, -0.2) is 50.3 Å². The average Bonchev–Trinajstić information content (AvgIpc) is 2.59. The Morgan fingerprint density at radius 1 is 0.957 bits per heavy atom. The summed E-state index contributed by atoms with van der Waals surface area (Å²) in [5, 5.41) is 9.91. The van der Waals surface area contributed by atoms with Gasteiger partial charge in [0, 0.05) is 5.92 Å². The number of esters is 2. The lowest BCUT2D eigenvalue weighted by atomic mass is 9.85. The lowest BCUT2D eigenvalue weighted by Crippen LogP contribution is -2.43. The van der Waals surface area contributed by atoms with E-state index in [0.717, 1.165) is 14.2 Å². The van der Waals surface area contributed by atoms with Gasteiger partial charge in [0.05, 0.1) is 21.3 Å². The van der Waals surface area contributed by atoms with Crippen LogP contribution in [0.3, 0.4) is 0 Å². The first-order valence-corrected chi connectivity index (χ1v) is 6.88. The molecule has 1 unspecified atom stereocenters. The topological polar surface area (TPSA) is 99.1 Å². The Morgan fingerprint density at radius 3 is 1.91 bits per heavy atom. The van der Waals surface area contributed by atoms with Gasteiger partial charge in [-0.2, -0.15) is 0 Å². The number of aliphatic hydroxyl groups is 1. The number of benzene rings is 1. The van der Waals surface area contributed by atoms with Gasteiger partial charge in [-0.15, -0.1) is 0 Å². The Bertz CT molecular complexity index is 564. The first-order chi connectivity index (χ1) is 10.9. The van der Waals surface area contributed by atoms with Gasteiger partial charge >= 0.3 is 11.9 Å². The minimum atomic E-state index is -1.92. The fourth-order valence-electron chi connectivity index (χ4n) is 2.11. The normalized spacial score (nSPS) is 14.3. The highest BCUT2D eigenvalue weighted by Crippen LogP contribution is 2.25. The minimum absolute atomic E-state index is 0.613. The van der Waals surface area contributed by atoms with E-state index in [-0.39, 0.29) is 0 Å². The van der Waals surface area contributed by atoms with Crippen LogP contribution in [0.4, 0.5) is 0 Å². The zero-order chi connectivity index (χ0) is 17.6. The van der Waals surface area contributed by atoms with Crippen LogP contribution in [-0.2, 0) is 23.9 Å². The smallest absolute Gasteiger partial charge is 0.336 e. The molecule has 0 radical (unpaired) electrons. The largest absolute Gasteiger partial charge is 0.497 e. The summed E-state index contributed by atoms with van der Waals surface area (Å²) in [5.74, 6) is -4.47. The van der Waals surface area contributed by atoms with Crippen LogP contribution in [0, 0.1) is 5.92 Å². The van der Waals surface area contributed by atoms with E-state index >= 15 is 0 Å². The summed E-state index contributed by atoms with van der Waals surface area (Å²) in [6, 6.07) is 6.67. The molecule has 0 saturated heterocycles. The van der Waals surface area contributed by atoms with Crippen molar-refractivity contribution in [3.05, 3.63) is 29.8 Å². The molecule has 0 heterocycles. The van der Waals surface area contributed by atoms with E-state index in [1.165, 1.54) is 7.11 Å². The van der Waals surface area contributed by atoms with Crippen molar-refractivity contribution in [3.63, 3.8) is 0 Å². The van der Waals surface area contributed by atoms with E-state index < -0.39 is 35.7 Å². The number of rotatable bonds is 7. The van der Waals surface area contributed by atoms with E-state index in [2.05, 4.69) is 9.47 Å². The molecule has 126 valence electrons. The van der Waals surface area contributed by atoms with Crippen molar-refractivity contribution in [2.45, 2.75) is 18.9 Å². The first kappa shape index (κ1) is 18.6. The van der Waals surface area contributed by atoms with E-state index in [4.69, 9.17) is 4.74 Å². The predicted octanol–water partition coefficient (Wildman–Crippen LogP) is 0.691. The molecular formula is C16H20O7. The molecule has 1 aromatic rings. The van der Waals surface area contributed by atoms with E-state index in [1.807, 2.05) is 0 Å². The van der Waals surface area contributed by atoms with Crippen LogP contribution >= 0.6 is 0 Å². The molecular weight excluding hydrogens is 304 g/mol. The van der Waals surface area contributed by atoms with Crippen molar-refractivity contribution in [2.24, 2.45) is 5.92 Å². The number of carbonyl (C=O) groups excluding carboxylic acids is 3. The summed E-state index contributed by atoms with van der Waals surface area (Å²) < 4.78 is 13.9. The maximum atomic E-state index is 12.6. The molecule has 0 bridgehead atoms. The van der Waals surface area contributed by atoms with Crippen molar-refractivity contribution < 1.29 is 33.7 Å². The van der Waals surface area contributed by atoms with Gasteiger partial charge in [-0.25, -0.2) is 4.79 Å². The van der Waals surface area contributed by atoms with E-state index in [0.29, 0.717) is 11.3 Å². The summed E-state index contributed by atoms with van der Waals surface area (Å²) in [7, 11) is 3.64. The number of ether oxygens (including phenoxy) is 3. The lowest BCUT2D eigenvalue weighted by Gasteiger charge is -2.21. The molecule has 0 aliphatic carbocycles. The van der Waals surface area contributed by atoms with Gasteiger partial charge in [-0.1, -0.05) is 19.1 Å². The predicted molar refractivity (Wildman–Crippen MR) is 79.9 cm³/mol. The molecule has 0 spiro atoms. The highest BCUT2D eigenvalue weighted by atomic mass is 16.5. The molecule has 0 fully saturated rings. The van der Waals surface area contributed by atoms with Crippen LogP contribution in [0.1, 0.15) is 18.4 Å². The molecule has 1 N–H and O–H groups in total. The number of carbonyl (C=O) groups is 3. The van der Waals surface area contributed by atoms with Gasteiger partial charge < -0.3 is 19.3 Å². The Kier molecular flexibility index (Phi) is 6.71. The van der Waals surface area contributed by atoms with Crippen LogP contribution in [0.15, 0.2) is 24.3 Å². The fourth-order valence-corrected chi connectivity index (χ4v) is 2.11. The van der Waals surface area contributed by atoms with Crippen molar-refractivity contribution in [2.75, 3.05) is 21.3 Å². The van der Waals surface area contributed by atoms with E-state index in [1.54, 1.807) is 31.2 Å². The third-order valence-electron chi connectivity index (χ3n) is 3.56. The van der Waals surface area contributed by atoms with Crippen molar-refractivity contribution in [1.82, 2.24) is 0 Å². The van der Waals surface area contributed by atoms with Crippen LogP contribution in [0.2, 0.25) is 0 Å². The highest BCUT2D eigenvalue weighted by molar-refractivity contribution is 6.05. The summed E-state index contributed by atoms with van der Waals surface area (Å²) in [6.07, 6.45) is -1.92. The molecule has 0 aliphatic heterocycles. The molecule has 7 heteroatoms. The summed E-state index contributed by atoms with van der Waals surface area (Å²) >= 11 is 0. The number of methoxy groups -OCH3 is 3. The Balaban J connectivity index is 3.07. The third kappa shape index (κ3) is 4.29. The average molecular weight is 324 g/mol. The standard InChI is InChI=1S/C16H20O7/c1-9(10-5-7-11(21-2)8-6-10)13(17)12(15(19)22-3)14(18)16(20)23-4/h5-9,12,14,18H,1-4H3/t9?,12-,14+/m0/s1. The highest BCUT2D eigenvalue weighted by Gasteiger charge is 2.41. The molecule has 3 atom stereocenters. The summed E-state index contributed by atoms with van der Waals surface area (Å²) in [4.78, 5) is 35.9. The van der Waals surface area contributed by atoms with Crippen molar-refractivity contribution in [1.29, 1.82) is 0 Å². The quantitative estimate of drug-likeness (QED) is 0.582. The van der Waals surface area contributed by atoms with Gasteiger partial charge in [-0.3, -0.25) is 9.59 Å². The molecule has 1 aromatic carbocycles. The zero-order valence-electron chi connectivity index (χ0n) is 13.4. The van der Waals surface area contributed by atoms with Gasteiger partial charge in [0.1, 0.15) is 5.75 Å². The van der Waals surface area contributed by atoms with E-state index in [9.17, 15) is 19.5 Å². The van der Waals surface area contributed by atoms with Gasteiger partial charge in [0.25, 0.3) is 0 Å². The van der Waals surface area contributed by atoms with Crippen LogP contribution < -0.4 is 4.74 Å². The van der Waals surface area contributed by atoms with Gasteiger partial charge in [-0.05, 0) is 17.7 Å². The second-order valence-electron chi connectivity index (χ2n) is 4.87. The zero-order valence-corrected chi connectivity index (χ0v) is 13.4. The number of hydrogen-bond acceptors (Lipinski definition) is 7. The SMILES string of the molecule is COC(=O)[C@@H](C(=O)C(C)c1ccc(OC)cc1)[C@@H](O)C(=O)OC. The Labute approximate surface area is 134 Å². The maximum Gasteiger partial charge on any atom is 0.336 e. The second-order valence-corrected chi connectivity index (χ2v) is 4.87. The Morgan fingerprint density at radius 2 is 1.48 bits per heavy atom. The number of aliphatic hydroxyl groups excluding tert-OH is 1. The summed E-state index contributed by atoms with van der Waals surface area (Å²) in [6.45, 7) is 1.57. The fraction of sp³-hybridized carbons (Fsp3) is 0.438. The monoisotopic (exact) mass is 324 g/mol. The number of Topliss-reactive ketones (excluding diaryl/α,β-unsaturated/α-hetero) is 1. The Hall–Kier alpha value is -2.41. The molecule has 0 amide bonds. The third-order valence-corrected chi connectivity index (χ3v) is 3.56. The van der Waals surface area contributed by atoms with Gasteiger partial charge in [0.15, 0.2) is 17.8 Å². The van der Waals surface area contributed by atoms with Crippen molar-refractivity contribution >= 4 is 17.7 Å². The maximum absolute atomic E-state index is 12.6. The molecule has 0 aromatic heterocycles. The number of ketones is 1. The second kappa shape index (κ2) is 8.28. The van der Waals surface area contributed by atoms with Crippen LogP contribution in [0.25, 0.3) is 0 Å². The molecule has 0 aliphatic rings. The lowest BCUT2D eigenvalue weighted by molar-refractivity contribution is -0.166. The number of hydrogen-bond donors (Lipinski definition) is 1.